The number of para-hydroxylation sites is 1. The molecule has 138 valence electrons. The van der Waals surface area contributed by atoms with Crippen LogP contribution in [-0.2, 0) is 4.79 Å². The lowest BCUT2D eigenvalue weighted by Gasteiger charge is -2.04. The van der Waals surface area contributed by atoms with Crippen LogP contribution in [0.25, 0.3) is 11.6 Å². The molecular formula is C22H16N2O4. The summed E-state index contributed by atoms with van der Waals surface area (Å²) in [7, 11) is 0. The average Bonchev–Trinajstić information content (AvgIpc) is 3.19. The molecule has 3 aromatic rings. The summed E-state index contributed by atoms with van der Waals surface area (Å²) in [4.78, 5) is 39.9. The Balaban J connectivity index is 1.91. The molecule has 0 unspecified atom stereocenters. The summed E-state index contributed by atoms with van der Waals surface area (Å²) < 4.78 is 0. The van der Waals surface area contributed by atoms with Crippen molar-refractivity contribution in [1.29, 1.82) is 0 Å². The summed E-state index contributed by atoms with van der Waals surface area (Å²) in [6, 6.07) is 15.8. The third-order valence-electron chi connectivity index (χ3n) is 4.75. The second-order valence-corrected chi connectivity index (χ2v) is 6.47. The molecule has 0 fully saturated rings. The molecule has 6 nitrogen and oxygen atoms in total. The van der Waals surface area contributed by atoms with Crippen LogP contribution in [0, 0.1) is 6.92 Å². The molecule has 0 atom stereocenters. The van der Waals surface area contributed by atoms with Crippen LogP contribution >= 0.6 is 0 Å². The molecule has 1 amide bonds. The van der Waals surface area contributed by atoms with Gasteiger partial charge in [-0.2, -0.15) is 0 Å². The number of hydrogen-bond acceptors (Lipinski definition) is 3. The Morgan fingerprint density at radius 3 is 2.39 bits per heavy atom. The smallest absolute Gasteiger partial charge is 0.352 e. The number of rotatable bonds is 4. The maximum absolute atomic E-state index is 13.1. The maximum Gasteiger partial charge on any atom is 0.352 e. The van der Waals surface area contributed by atoms with Crippen molar-refractivity contribution in [3.05, 3.63) is 88.2 Å². The molecule has 0 bridgehead atoms. The van der Waals surface area contributed by atoms with Crippen LogP contribution in [0.3, 0.4) is 0 Å². The quantitative estimate of drug-likeness (QED) is 0.480. The molecule has 0 saturated heterocycles. The van der Waals surface area contributed by atoms with Gasteiger partial charge in [0.1, 0.15) is 5.69 Å². The predicted molar refractivity (Wildman–Crippen MR) is 105 cm³/mol. The second kappa shape index (κ2) is 6.66. The van der Waals surface area contributed by atoms with Crippen LogP contribution in [-0.4, -0.2) is 27.8 Å². The highest BCUT2D eigenvalue weighted by Crippen LogP contribution is 2.34. The Hall–Kier alpha value is -3.93. The van der Waals surface area contributed by atoms with Gasteiger partial charge in [-0.15, -0.1) is 0 Å². The standard InChI is InChI=1S/C22H16N2O4/c1-12-18(20(25)13-7-3-2-4-8-13)17(23-19(12)22(27)28)11-15-14-9-5-6-10-16(14)24-21(15)26/h2-11,23H,1H3,(H,24,26)(H,27,28)/b15-11-. The highest BCUT2D eigenvalue weighted by atomic mass is 16.4. The Bertz CT molecular complexity index is 1160. The largest absolute Gasteiger partial charge is 0.477 e. The number of aromatic amines is 1. The maximum atomic E-state index is 13.1. The van der Waals surface area contributed by atoms with E-state index in [0.717, 1.165) is 0 Å². The van der Waals surface area contributed by atoms with Crippen LogP contribution in [0.4, 0.5) is 5.69 Å². The Morgan fingerprint density at radius 1 is 1.00 bits per heavy atom. The monoisotopic (exact) mass is 372 g/mol. The number of anilines is 1. The molecule has 1 aliphatic rings. The van der Waals surface area contributed by atoms with Gasteiger partial charge in [-0.1, -0.05) is 48.5 Å². The van der Waals surface area contributed by atoms with E-state index >= 15 is 0 Å². The van der Waals surface area contributed by atoms with Gasteiger partial charge < -0.3 is 15.4 Å². The van der Waals surface area contributed by atoms with Crippen molar-refractivity contribution in [2.24, 2.45) is 0 Å². The first-order chi connectivity index (χ1) is 13.5. The lowest BCUT2D eigenvalue weighted by Crippen LogP contribution is -2.06. The fourth-order valence-electron chi connectivity index (χ4n) is 3.39. The number of carbonyl (C=O) groups excluding carboxylic acids is 2. The van der Waals surface area contributed by atoms with Gasteiger partial charge in [-0.3, -0.25) is 9.59 Å². The molecule has 3 N–H and O–H groups in total. The van der Waals surface area contributed by atoms with E-state index in [9.17, 15) is 19.5 Å². The Morgan fingerprint density at radius 2 is 1.68 bits per heavy atom. The van der Waals surface area contributed by atoms with Gasteiger partial charge >= 0.3 is 5.97 Å². The number of carbonyl (C=O) groups is 3. The van der Waals surface area contributed by atoms with E-state index in [0.29, 0.717) is 33.6 Å². The Labute approximate surface area is 160 Å². The fourth-order valence-corrected chi connectivity index (χ4v) is 3.39. The summed E-state index contributed by atoms with van der Waals surface area (Å²) in [6.07, 6.45) is 1.54. The number of aromatic nitrogens is 1. The number of carboxylic acids is 1. The molecule has 4 rings (SSSR count). The van der Waals surface area contributed by atoms with Crippen molar-refractivity contribution in [3.8, 4) is 0 Å². The van der Waals surface area contributed by atoms with Gasteiger partial charge in [-0.25, -0.2) is 4.79 Å². The number of nitrogens with one attached hydrogen (secondary N) is 2. The third kappa shape index (κ3) is 2.81. The first-order valence-corrected chi connectivity index (χ1v) is 8.65. The number of hydrogen-bond donors (Lipinski definition) is 3. The van der Waals surface area contributed by atoms with Crippen LogP contribution in [0.2, 0.25) is 0 Å². The number of amides is 1. The molecular weight excluding hydrogens is 356 g/mol. The zero-order chi connectivity index (χ0) is 19.8. The van der Waals surface area contributed by atoms with Crippen LogP contribution in [0.1, 0.15) is 43.2 Å². The zero-order valence-corrected chi connectivity index (χ0v) is 14.9. The van der Waals surface area contributed by atoms with Crippen molar-refractivity contribution in [3.63, 3.8) is 0 Å². The number of H-pyrrole nitrogens is 1. The van der Waals surface area contributed by atoms with Crippen molar-refractivity contribution in [2.45, 2.75) is 6.92 Å². The van der Waals surface area contributed by atoms with Gasteiger partial charge in [-0.05, 0) is 24.6 Å². The summed E-state index contributed by atoms with van der Waals surface area (Å²) in [6.45, 7) is 1.58. The van der Waals surface area contributed by atoms with E-state index in [1.165, 1.54) is 6.08 Å². The topological polar surface area (TPSA) is 99.3 Å². The lowest BCUT2D eigenvalue weighted by atomic mass is 9.97. The van der Waals surface area contributed by atoms with Gasteiger partial charge in [0, 0.05) is 16.8 Å². The van der Waals surface area contributed by atoms with Crippen LogP contribution < -0.4 is 5.32 Å². The summed E-state index contributed by atoms with van der Waals surface area (Å²) >= 11 is 0. The molecule has 2 heterocycles. The second-order valence-electron chi connectivity index (χ2n) is 6.47. The molecule has 28 heavy (non-hydrogen) atoms. The molecule has 0 aliphatic carbocycles. The number of fused-ring (bicyclic) bond motifs is 1. The van der Waals surface area contributed by atoms with Gasteiger partial charge in [0.15, 0.2) is 5.78 Å². The lowest BCUT2D eigenvalue weighted by molar-refractivity contribution is -0.110. The first-order valence-electron chi connectivity index (χ1n) is 8.65. The Kier molecular flexibility index (Phi) is 4.16. The van der Waals surface area contributed by atoms with Gasteiger partial charge in [0.2, 0.25) is 0 Å². The van der Waals surface area contributed by atoms with E-state index in [2.05, 4.69) is 10.3 Å². The van der Waals surface area contributed by atoms with Crippen molar-refractivity contribution in [1.82, 2.24) is 4.98 Å². The molecule has 2 aromatic carbocycles. The minimum Gasteiger partial charge on any atom is -0.477 e. The third-order valence-corrected chi connectivity index (χ3v) is 4.75. The summed E-state index contributed by atoms with van der Waals surface area (Å²) in [5.74, 6) is -1.77. The molecule has 0 saturated carbocycles. The van der Waals surface area contributed by atoms with E-state index in [4.69, 9.17) is 0 Å². The van der Waals surface area contributed by atoms with Crippen molar-refractivity contribution in [2.75, 3.05) is 5.32 Å². The van der Waals surface area contributed by atoms with E-state index in [1.807, 2.05) is 12.1 Å². The molecule has 0 spiro atoms. The fraction of sp³-hybridized carbons (Fsp3) is 0.0455. The highest BCUT2D eigenvalue weighted by molar-refractivity contribution is 6.35. The minimum absolute atomic E-state index is 0.0715. The van der Waals surface area contributed by atoms with Crippen molar-refractivity contribution < 1.29 is 19.5 Å². The SMILES string of the molecule is Cc1c(C(=O)O)[nH]c(/C=C2\C(=O)Nc3ccccc32)c1C(=O)c1ccccc1. The van der Waals surface area contributed by atoms with Crippen molar-refractivity contribution >= 4 is 35.0 Å². The highest BCUT2D eigenvalue weighted by Gasteiger charge is 2.27. The number of benzene rings is 2. The first kappa shape index (κ1) is 17.5. The molecule has 0 radical (unpaired) electrons. The normalized spacial score (nSPS) is 14.0. The van der Waals surface area contributed by atoms with Crippen LogP contribution in [0.15, 0.2) is 54.6 Å². The van der Waals surface area contributed by atoms with Gasteiger partial charge in [0.05, 0.1) is 16.8 Å². The van der Waals surface area contributed by atoms with Gasteiger partial charge in [0.25, 0.3) is 5.91 Å². The number of aromatic carboxylic acids is 1. The minimum atomic E-state index is -1.17. The molecule has 1 aromatic heterocycles. The van der Waals surface area contributed by atoms with E-state index in [-0.39, 0.29) is 22.9 Å². The summed E-state index contributed by atoms with van der Waals surface area (Å²) in [5.41, 5.74) is 3.00. The van der Waals surface area contributed by atoms with E-state index in [1.54, 1.807) is 49.4 Å². The molecule has 1 aliphatic heterocycles. The number of carboxylic acid groups (broad SMARTS) is 1. The average molecular weight is 372 g/mol. The van der Waals surface area contributed by atoms with Crippen LogP contribution in [0.5, 0.6) is 0 Å². The zero-order valence-electron chi connectivity index (χ0n) is 14.9. The molecule has 6 heteroatoms. The number of ketones is 1. The van der Waals surface area contributed by atoms with E-state index < -0.39 is 5.97 Å². The summed E-state index contributed by atoms with van der Waals surface area (Å²) in [5, 5.41) is 12.3. The predicted octanol–water partition coefficient (Wildman–Crippen LogP) is 3.75.